The highest BCUT2D eigenvalue weighted by Crippen LogP contribution is 2.19. The first-order chi connectivity index (χ1) is 10.7. The lowest BCUT2D eigenvalue weighted by Gasteiger charge is -2.07. The molecular formula is C16H12BrN3O2. The van der Waals surface area contributed by atoms with E-state index in [1.165, 1.54) is 6.26 Å². The molecule has 0 atom stereocenters. The summed E-state index contributed by atoms with van der Waals surface area (Å²) in [5, 5.41) is 5.89. The number of rotatable bonds is 4. The minimum Gasteiger partial charge on any atom is -0.459 e. The molecule has 1 amide bonds. The van der Waals surface area contributed by atoms with Crippen LogP contribution in [0.15, 0.2) is 69.9 Å². The number of carbonyl (C=O) groups excluding carboxylic acids is 1. The highest BCUT2D eigenvalue weighted by Gasteiger charge is 2.08. The minimum atomic E-state index is -0.305. The molecule has 1 aromatic carbocycles. The number of furan rings is 1. The molecular weight excluding hydrogens is 346 g/mol. The van der Waals surface area contributed by atoms with Gasteiger partial charge in [-0.2, -0.15) is 0 Å². The first-order valence-corrected chi connectivity index (χ1v) is 7.33. The second-order valence-corrected chi connectivity index (χ2v) is 5.41. The van der Waals surface area contributed by atoms with Gasteiger partial charge in [0.05, 0.1) is 18.1 Å². The summed E-state index contributed by atoms with van der Waals surface area (Å²) in [5.41, 5.74) is 1.53. The molecule has 0 aliphatic rings. The van der Waals surface area contributed by atoms with E-state index in [0.717, 1.165) is 10.2 Å². The Morgan fingerprint density at radius 3 is 2.45 bits per heavy atom. The molecule has 6 heteroatoms. The van der Waals surface area contributed by atoms with Gasteiger partial charge in [-0.3, -0.25) is 4.79 Å². The van der Waals surface area contributed by atoms with Crippen molar-refractivity contribution in [3.05, 3.63) is 71.2 Å². The Hall–Kier alpha value is -2.60. The van der Waals surface area contributed by atoms with Crippen LogP contribution < -0.4 is 10.6 Å². The van der Waals surface area contributed by atoms with E-state index < -0.39 is 0 Å². The maximum Gasteiger partial charge on any atom is 0.291 e. The number of carbonyl (C=O) groups is 1. The van der Waals surface area contributed by atoms with Crippen molar-refractivity contribution in [1.29, 1.82) is 0 Å². The van der Waals surface area contributed by atoms with Crippen LogP contribution in [-0.2, 0) is 0 Å². The molecule has 5 nitrogen and oxygen atoms in total. The van der Waals surface area contributed by atoms with Crippen molar-refractivity contribution >= 4 is 39.0 Å². The first-order valence-electron chi connectivity index (χ1n) is 6.54. The van der Waals surface area contributed by atoms with Gasteiger partial charge in [0.1, 0.15) is 5.82 Å². The quantitative estimate of drug-likeness (QED) is 0.724. The van der Waals surface area contributed by atoms with E-state index in [4.69, 9.17) is 4.42 Å². The number of hydrogen-bond acceptors (Lipinski definition) is 4. The van der Waals surface area contributed by atoms with Gasteiger partial charge in [-0.1, -0.05) is 15.9 Å². The lowest BCUT2D eigenvalue weighted by atomic mass is 10.3. The van der Waals surface area contributed by atoms with Gasteiger partial charge in [-0.25, -0.2) is 4.98 Å². The Kier molecular flexibility index (Phi) is 4.20. The smallest absolute Gasteiger partial charge is 0.291 e. The second-order valence-electron chi connectivity index (χ2n) is 4.50. The molecule has 0 saturated heterocycles. The molecule has 0 spiro atoms. The van der Waals surface area contributed by atoms with Crippen LogP contribution in [0.25, 0.3) is 0 Å². The van der Waals surface area contributed by atoms with Crippen LogP contribution in [0.2, 0.25) is 0 Å². The molecule has 0 radical (unpaired) electrons. The topological polar surface area (TPSA) is 67.2 Å². The SMILES string of the molecule is O=C(Nc1ccc(Nc2ccc(Br)cc2)nc1)c1ccco1. The number of hydrogen-bond donors (Lipinski definition) is 2. The molecule has 22 heavy (non-hydrogen) atoms. The fourth-order valence-corrected chi connectivity index (χ4v) is 2.09. The summed E-state index contributed by atoms with van der Waals surface area (Å²) >= 11 is 3.39. The van der Waals surface area contributed by atoms with Crippen molar-refractivity contribution in [2.45, 2.75) is 0 Å². The van der Waals surface area contributed by atoms with E-state index in [-0.39, 0.29) is 11.7 Å². The monoisotopic (exact) mass is 357 g/mol. The van der Waals surface area contributed by atoms with E-state index in [9.17, 15) is 4.79 Å². The third kappa shape index (κ3) is 3.53. The molecule has 0 saturated carbocycles. The summed E-state index contributed by atoms with van der Waals surface area (Å²) in [6, 6.07) is 14.6. The van der Waals surface area contributed by atoms with E-state index in [0.29, 0.717) is 11.5 Å². The highest BCUT2D eigenvalue weighted by molar-refractivity contribution is 9.10. The number of pyridine rings is 1. The third-order valence-corrected chi connectivity index (χ3v) is 3.41. The summed E-state index contributed by atoms with van der Waals surface area (Å²) in [5.74, 6) is 0.649. The summed E-state index contributed by atoms with van der Waals surface area (Å²) < 4.78 is 6.05. The Labute approximate surface area is 135 Å². The van der Waals surface area contributed by atoms with Gasteiger partial charge < -0.3 is 15.1 Å². The standard InChI is InChI=1S/C16H12BrN3O2/c17-11-3-5-12(6-4-11)19-15-8-7-13(10-18-15)20-16(21)14-2-1-9-22-14/h1-10H,(H,18,19)(H,20,21). The van der Waals surface area contributed by atoms with Gasteiger partial charge in [-0.05, 0) is 48.5 Å². The van der Waals surface area contributed by atoms with Crippen LogP contribution in [0.4, 0.5) is 17.2 Å². The number of anilines is 3. The maximum absolute atomic E-state index is 11.8. The summed E-state index contributed by atoms with van der Waals surface area (Å²) in [6.45, 7) is 0. The summed E-state index contributed by atoms with van der Waals surface area (Å²) in [6.07, 6.45) is 3.04. The molecule has 3 rings (SSSR count). The molecule has 0 fully saturated rings. The Morgan fingerprint density at radius 2 is 1.82 bits per heavy atom. The number of aromatic nitrogens is 1. The van der Waals surface area contributed by atoms with Crippen molar-refractivity contribution in [2.24, 2.45) is 0 Å². The van der Waals surface area contributed by atoms with Gasteiger partial charge in [0.15, 0.2) is 5.76 Å². The second kappa shape index (κ2) is 6.44. The molecule has 0 aliphatic carbocycles. The Bertz CT molecular complexity index is 753. The van der Waals surface area contributed by atoms with Crippen LogP contribution in [0.5, 0.6) is 0 Å². The third-order valence-electron chi connectivity index (χ3n) is 2.88. The Balaban J connectivity index is 1.65. The average Bonchev–Trinajstić information content (AvgIpc) is 3.06. The van der Waals surface area contributed by atoms with Gasteiger partial charge in [0.2, 0.25) is 0 Å². The molecule has 110 valence electrons. The largest absolute Gasteiger partial charge is 0.459 e. The molecule has 2 heterocycles. The van der Waals surface area contributed by atoms with E-state index >= 15 is 0 Å². The van der Waals surface area contributed by atoms with Crippen LogP contribution in [0, 0.1) is 0 Å². The van der Waals surface area contributed by atoms with Crippen molar-refractivity contribution in [3.8, 4) is 0 Å². The summed E-state index contributed by atoms with van der Waals surface area (Å²) in [7, 11) is 0. The van der Waals surface area contributed by atoms with Crippen molar-refractivity contribution in [3.63, 3.8) is 0 Å². The number of nitrogens with one attached hydrogen (secondary N) is 2. The molecule has 2 N–H and O–H groups in total. The fourth-order valence-electron chi connectivity index (χ4n) is 1.82. The van der Waals surface area contributed by atoms with E-state index in [1.807, 2.05) is 24.3 Å². The lowest BCUT2D eigenvalue weighted by Crippen LogP contribution is -2.11. The zero-order chi connectivity index (χ0) is 15.4. The van der Waals surface area contributed by atoms with Crippen LogP contribution in [-0.4, -0.2) is 10.9 Å². The van der Waals surface area contributed by atoms with Crippen molar-refractivity contribution in [2.75, 3.05) is 10.6 Å². The average molecular weight is 358 g/mol. The molecule has 0 aliphatic heterocycles. The van der Waals surface area contributed by atoms with E-state index in [1.54, 1.807) is 30.5 Å². The summed E-state index contributed by atoms with van der Waals surface area (Å²) in [4.78, 5) is 16.1. The Morgan fingerprint density at radius 1 is 1.05 bits per heavy atom. The number of nitrogens with zero attached hydrogens (tertiary/aromatic N) is 1. The van der Waals surface area contributed by atoms with Gasteiger partial charge in [0, 0.05) is 10.2 Å². The van der Waals surface area contributed by atoms with Crippen molar-refractivity contribution in [1.82, 2.24) is 4.98 Å². The zero-order valence-corrected chi connectivity index (χ0v) is 13.0. The van der Waals surface area contributed by atoms with Gasteiger partial charge >= 0.3 is 0 Å². The van der Waals surface area contributed by atoms with Crippen LogP contribution >= 0.6 is 15.9 Å². The lowest BCUT2D eigenvalue weighted by molar-refractivity contribution is 0.0996. The minimum absolute atomic E-state index is 0.261. The molecule has 2 aromatic heterocycles. The fraction of sp³-hybridized carbons (Fsp3) is 0. The molecule has 0 unspecified atom stereocenters. The van der Waals surface area contributed by atoms with E-state index in [2.05, 4.69) is 31.5 Å². The highest BCUT2D eigenvalue weighted by atomic mass is 79.9. The van der Waals surface area contributed by atoms with Crippen LogP contribution in [0.3, 0.4) is 0 Å². The first kappa shape index (κ1) is 14.3. The molecule has 3 aromatic rings. The zero-order valence-electron chi connectivity index (χ0n) is 11.4. The number of halogens is 1. The number of benzene rings is 1. The maximum atomic E-state index is 11.8. The predicted octanol–water partition coefficient (Wildman–Crippen LogP) is 4.43. The normalized spacial score (nSPS) is 10.2. The molecule has 0 bridgehead atoms. The van der Waals surface area contributed by atoms with Crippen LogP contribution in [0.1, 0.15) is 10.6 Å². The predicted molar refractivity (Wildman–Crippen MR) is 88.3 cm³/mol. The van der Waals surface area contributed by atoms with Gasteiger partial charge in [0.25, 0.3) is 5.91 Å². The van der Waals surface area contributed by atoms with Gasteiger partial charge in [-0.15, -0.1) is 0 Å². The number of amides is 1. The van der Waals surface area contributed by atoms with Crippen molar-refractivity contribution < 1.29 is 9.21 Å².